The van der Waals surface area contributed by atoms with Crippen LogP contribution in [0.25, 0.3) is 5.69 Å². The molecule has 0 aliphatic carbocycles. The molecule has 200 valence electrons. The topological polar surface area (TPSA) is 106 Å². The maximum Gasteiger partial charge on any atom is 0.258 e. The maximum absolute atomic E-state index is 13.0. The van der Waals surface area contributed by atoms with Crippen LogP contribution in [0.1, 0.15) is 71.1 Å². The third kappa shape index (κ3) is 7.95. The van der Waals surface area contributed by atoms with E-state index in [4.69, 9.17) is 0 Å². The Morgan fingerprint density at radius 2 is 1.49 bits per heavy atom. The molecule has 0 aliphatic rings. The number of hydrogen-bond acceptors (Lipinski definition) is 5. The number of ketones is 1. The average molecular weight is 524 g/mol. The van der Waals surface area contributed by atoms with Crippen molar-refractivity contribution in [3.05, 3.63) is 107 Å². The fourth-order valence-corrected chi connectivity index (χ4v) is 4.08. The predicted molar refractivity (Wildman–Crippen MR) is 151 cm³/mol. The minimum absolute atomic E-state index is 0.0259. The summed E-state index contributed by atoms with van der Waals surface area (Å²) in [6, 6.07) is 25.3. The quantitative estimate of drug-likeness (QED) is 0.177. The van der Waals surface area contributed by atoms with E-state index in [-0.39, 0.29) is 30.0 Å². The number of anilines is 1. The van der Waals surface area contributed by atoms with Crippen LogP contribution >= 0.6 is 0 Å². The van der Waals surface area contributed by atoms with Gasteiger partial charge in [-0.25, -0.2) is 0 Å². The van der Waals surface area contributed by atoms with Gasteiger partial charge in [0.2, 0.25) is 11.9 Å². The number of unbranched alkanes of at least 4 members (excludes halogenated alkanes) is 3. The lowest BCUT2D eigenvalue weighted by molar-refractivity contribution is -0.121. The molecule has 4 aromatic rings. The zero-order valence-electron chi connectivity index (χ0n) is 22.1. The van der Waals surface area contributed by atoms with Gasteiger partial charge in [0.15, 0.2) is 11.6 Å². The fraction of sp³-hybridized carbons (Fsp3) is 0.258. The van der Waals surface area contributed by atoms with Crippen LogP contribution in [0.3, 0.4) is 0 Å². The first kappa shape index (κ1) is 27.4. The molecule has 2 amide bonds. The Labute approximate surface area is 228 Å². The first-order valence-electron chi connectivity index (χ1n) is 13.3. The Kier molecular flexibility index (Phi) is 9.72. The van der Waals surface area contributed by atoms with Gasteiger partial charge in [-0.1, -0.05) is 86.8 Å². The minimum atomic E-state index is -0.318. The van der Waals surface area contributed by atoms with Gasteiger partial charge >= 0.3 is 0 Å². The zero-order chi connectivity index (χ0) is 27.5. The summed E-state index contributed by atoms with van der Waals surface area (Å²) in [4.78, 5) is 42.3. The van der Waals surface area contributed by atoms with Gasteiger partial charge in [-0.15, -0.1) is 5.10 Å². The third-order valence-electron chi connectivity index (χ3n) is 6.25. The highest BCUT2D eigenvalue weighted by molar-refractivity contribution is 6.03. The van der Waals surface area contributed by atoms with E-state index in [0.717, 1.165) is 31.2 Å². The number of Topliss-reactive ketones (excluding diaryl/α,β-unsaturated/α-hetero) is 1. The van der Waals surface area contributed by atoms with Crippen molar-refractivity contribution in [2.24, 2.45) is 0 Å². The molecular formula is C31H33N5O3. The molecule has 1 aromatic heterocycles. The molecule has 0 aliphatic heterocycles. The highest BCUT2D eigenvalue weighted by atomic mass is 16.2. The van der Waals surface area contributed by atoms with E-state index in [0.29, 0.717) is 35.6 Å². The smallest absolute Gasteiger partial charge is 0.258 e. The van der Waals surface area contributed by atoms with Gasteiger partial charge in [0.1, 0.15) is 0 Å². The summed E-state index contributed by atoms with van der Waals surface area (Å²) in [6.45, 7) is 2.57. The maximum atomic E-state index is 13.0. The molecule has 39 heavy (non-hydrogen) atoms. The van der Waals surface area contributed by atoms with Crippen molar-refractivity contribution < 1.29 is 14.4 Å². The number of carbonyl (C=O) groups is 3. The monoisotopic (exact) mass is 523 g/mol. The van der Waals surface area contributed by atoms with E-state index in [1.807, 2.05) is 48.5 Å². The molecule has 8 nitrogen and oxygen atoms in total. The van der Waals surface area contributed by atoms with Crippen LogP contribution in [0.5, 0.6) is 0 Å². The second-order valence-electron chi connectivity index (χ2n) is 9.30. The lowest BCUT2D eigenvalue weighted by Crippen LogP contribution is -2.22. The molecule has 8 heteroatoms. The van der Waals surface area contributed by atoms with Crippen molar-refractivity contribution in [3.8, 4) is 5.69 Å². The van der Waals surface area contributed by atoms with Gasteiger partial charge in [-0.3, -0.25) is 19.7 Å². The van der Waals surface area contributed by atoms with Gasteiger partial charge in [-0.2, -0.15) is 9.67 Å². The Balaban J connectivity index is 1.40. The number of amides is 2. The van der Waals surface area contributed by atoms with E-state index in [1.165, 1.54) is 4.68 Å². The fourth-order valence-electron chi connectivity index (χ4n) is 4.08. The van der Waals surface area contributed by atoms with E-state index in [1.54, 1.807) is 36.4 Å². The molecule has 1 heterocycles. The van der Waals surface area contributed by atoms with E-state index >= 15 is 0 Å². The first-order valence-corrected chi connectivity index (χ1v) is 13.3. The van der Waals surface area contributed by atoms with Gasteiger partial charge in [0.05, 0.1) is 12.1 Å². The van der Waals surface area contributed by atoms with Crippen LogP contribution in [0.4, 0.5) is 5.95 Å². The Hall–Kier alpha value is -4.59. The van der Waals surface area contributed by atoms with Crippen molar-refractivity contribution in [1.29, 1.82) is 0 Å². The molecular weight excluding hydrogens is 490 g/mol. The number of benzene rings is 3. The normalized spacial score (nSPS) is 10.7. The largest absolute Gasteiger partial charge is 0.352 e. The molecule has 2 N–H and O–H groups in total. The number of aromatic nitrogens is 3. The summed E-state index contributed by atoms with van der Waals surface area (Å²) in [7, 11) is 0. The minimum Gasteiger partial charge on any atom is -0.352 e. The lowest BCUT2D eigenvalue weighted by Gasteiger charge is -2.07. The SMILES string of the molecule is CCCCCCC(=O)NCc1ccc(C(=O)Cc2nc(NC(=O)c3ccccc3)n(-c3ccccc3)n2)cc1. The molecule has 0 unspecified atom stereocenters. The highest BCUT2D eigenvalue weighted by Crippen LogP contribution is 2.17. The zero-order valence-corrected chi connectivity index (χ0v) is 22.1. The number of para-hydroxylation sites is 1. The summed E-state index contributed by atoms with van der Waals surface area (Å²) in [5.41, 5.74) is 2.65. The van der Waals surface area contributed by atoms with Crippen molar-refractivity contribution in [3.63, 3.8) is 0 Å². The molecule has 0 saturated heterocycles. The molecule has 0 saturated carbocycles. The summed E-state index contributed by atoms with van der Waals surface area (Å²) in [6.07, 6.45) is 4.77. The average Bonchev–Trinajstić information content (AvgIpc) is 3.37. The number of rotatable bonds is 13. The summed E-state index contributed by atoms with van der Waals surface area (Å²) in [5.74, 6) is 0.112. The van der Waals surface area contributed by atoms with Crippen molar-refractivity contribution >= 4 is 23.5 Å². The van der Waals surface area contributed by atoms with E-state index < -0.39 is 0 Å². The number of hydrogen-bond donors (Lipinski definition) is 2. The first-order chi connectivity index (χ1) is 19.0. The standard InChI is InChI=1S/C31H33N5O3/c1-2-3-4-11-16-29(38)32-22-23-17-19-24(20-18-23)27(37)21-28-33-31(34-30(39)25-12-7-5-8-13-25)36(35-28)26-14-9-6-10-15-26/h5-10,12-15,17-20H,2-4,11,16,21-22H2,1H3,(H,32,38)(H,33,34,35,39). The molecule has 0 spiro atoms. The van der Waals surface area contributed by atoms with E-state index in [9.17, 15) is 14.4 Å². The predicted octanol–water partition coefficient (Wildman–Crippen LogP) is 5.53. The summed E-state index contributed by atoms with van der Waals surface area (Å²) < 4.78 is 1.53. The third-order valence-corrected chi connectivity index (χ3v) is 6.25. The number of carbonyl (C=O) groups excluding carboxylic acids is 3. The Morgan fingerprint density at radius 1 is 0.795 bits per heavy atom. The van der Waals surface area contributed by atoms with E-state index in [2.05, 4.69) is 27.6 Å². The van der Waals surface area contributed by atoms with Crippen molar-refractivity contribution in [1.82, 2.24) is 20.1 Å². The molecule has 0 fully saturated rings. The van der Waals surface area contributed by atoms with Crippen molar-refractivity contribution in [2.45, 2.75) is 52.0 Å². The molecule has 0 radical (unpaired) electrons. The highest BCUT2D eigenvalue weighted by Gasteiger charge is 2.18. The molecule has 0 atom stereocenters. The molecule has 3 aromatic carbocycles. The van der Waals surface area contributed by atoms with Crippen LogP contribution in [0.2, 0.25) is 0 Å². The second-order valence-corrected chi connectivity index (χ2v) is 9.30. The summed E-state index contributed by atoms with van der Waals surface area (Å²) >= 11 is 0. The van der Waals surface area contributed by atoms with Gasteiger partial charge < -0.3 is 5.32 Å². The van der Waals surface area contributed by atoms with Gasteiger partial charge in [-0.05, 0) is 36.2 Å². The molecule has 4 rings (SSSR count). The Bertz CT molecular complexity index is 1380. The van der Waals surface area contributed by atoms with Gasteiger partial charge in [0, 0.05) is 24.1 Å². The summed E-state index contributed by atoms with van der Waals surface area (Å²) in [5, 5.41) is 10.3. The van der Waals surface area contributed by atoms with Crippen LogP contribution in [0.15, 0.2) is 84.9 Å². The number of nitrogens with zero attached hydrogens (tertiary/aromatic N) is 3. The van der Waals surface area contributed by atoms with Crippen molar-refractivity contribution in [2.75, 3.05) is 5.32 Å². The molecule has 0 bridgehead atoms. The van der Waals surface area contributed by atoms with Crippen LogP contribution in [-0.4, -0.2) is 32.4 Å². The second kappa shape index (κ2) is 13.8. The number of nitrogens with one attached hydrogen (secondary N) is 2. The van der Waals surface area contributed by atoms with Crippen LogP contribution < -0.4 is 10.6 Å². The lowest BCUT2D eigenvalue weighted by atomic mass is 10.1. The van der Waals surface area contributed by atoms with Gasteiger partial charge in [0.25, 0.3) is 5.91 Å². The Morgan fingerprint density at radius 3 is 2.18 bits per heavy atom. The van der Waals surface area contributed by atoms with Crippen LogP contribution in [-0.2, 0) is 17.8 Å². The van der Waals surface area contributed by atoms with Crippen LogP contribution in [0, 0.1) is 0 Å².